The van der Waals surface area contributed by atoms with Crippen molar-refractivity contribution in [1.29, 1.82) is 0 Å². The fourth-order valence-electron chi connectivity index (χ4n) is 2.68. The van der Waals surface area contributed by atoms with Gasteiger partial charge in [-0.3, -0.25) is 0 Å². The molecule has 1 saturated heterocycles. The van der Waals surface area contributed by atoms with Crippen molar-refractivity contribution in [3.05, 3.63) is 29.8 Å². The van der Waals surface area contributed by atoms with Gasteiger partial charge in [-0.15, -0.1) is 11.6 Å². The van der Waals surface area contributed by atoms with Crippen LogP contribution in [0.1, 0.15) is 31.2 Å². The van der Waals surface area contributed by atoms with Crippen LogP contribution in [0, 0.1) is 6.92 Å². The van der Waals surface area contributed by atoms with Crippen LogP contribution in [0.4, 0.5) is 0 Å². The first-order valence-corrected chi connectivity index (χ1v) is 8.68. The lowest BCUT2D eigenvalue weighted by Gasteiger charge is -2.34. The maximum Gasteiger partial charge on any atom is 0.243 e. The minimum absolute atomic E-state index is 0.0517. The van der Waals surface area contributed by atoms with Gasteiger partial charge in [-0.1, -0.05) is 24.6 Å². The molecule has 1 aliphatic heterocycles. The summed E-state index contributed by atoms with van der Waals surface area (Å²) >= 11 is 5.81. The maximum absolute atomic E-state index is 12.8. The fraction of sp³-hybridized carbons (Fsp3) is 0.571. The predicted octanol–water partition coefficient (Wildman–Crippen LogP) is 3.17. The zero-order valence-electron chi connectivity index (χ0n) is 11.2. The Morgan fingerprint density at radius 3 is 2.74 bits per heavy atom. The topological polar surface area (TPSA) is 37.4 Å². The molecule has 0 radical (unpaired) electrons. The molecule has 1 unspecified atom stereocenters. The number of piperidine rings is 1. The minimum atomic E-state index is -3.39. The number of sulfonamides is 1. The molecule has 1 aromatic rings. The van der Waals surface area contributed by atoms with Crippen LogP contribution in [0.5, 0.6) is 0 Å². The van der Waals surface area contributed by atoms with Crippen molar-refractivity contribution in [2.75, 3.05) is 12.4 Å². The summed E-state index contributed by atoms with van der Waals surface area (Å²) in [5.74, 6) is 0.504. The standard InChI is InChI=1S/C14H20ClNO2S/c1-12-6-2-3-8-14(12)19(17,18)16-11-5-4-7-13(16)9-10-15/h2-3,6,8,13H,4-5,7,9-11H2,1H3. The largest absolute Gasteiger partial charge is 0.243 e. The zero-order chi connectivity index (χ0) is 13.9. The van der Waals surface area contributed by atoms with Gasteiger partial charge in [-0.2, -0.15) is 4.31 Å². The Labute approximate surface area is 120 Å². The van der Waals surface area contributed by atoms with Gasteiger partial charge in [0.25, 0.3) is 0 Å². The van der Waals surface area contributed by atoms with E-state index in [4.69, 9.17) is 11.6 Å². The van der Waals surface area contributed by atoms with Crippen LogP contribution < -0.4 is 0 Å². The molecule has 1 aromatic carbocycles. The van der Waals surface area contributed by atoms with Crippen molar-refractivity contribution in [1.82, 2.24) is 4.31 Å². The molecule has 0 spiro atoms. The fourth-order valence-corrected chi connectivity index (χ4v) is 4.88. The van der Waals surface area contributed by atoms with Gasteiger partial charge in [0.15, 0.2) is 0 Å². The summed E-state index contributed by atoms with van der Waals surface area (Å²) in [6.07, 6.45) is 3.66. The van der Waals surface area contributed by atoms with Gasteiger partial charge in [0, 0.05) is 18.5 Å². The molecule has 0 aromatic heterocycles. The van der Waals surface area contributed by atoms with Gasteiger partial charge in [-0.05, 0) is 37.8 Å². The number of aryl methyl sites for hydroxylation is 1. The van der Waals surface area contributed by atoms with Crippen LogP contribution in [0.3, 0.4) is 0 Å². The quantitative estimate of drug-likeness (QED) is 0.801. The molecule has 1 fully saturated rings. The molecule has 5 heteroatoms. The lowest BCUT2D eigenvalue weighted by atomic mass is 10.0. The Morgan fingerprint density at radius 1 is 1.32 bits per heavy atom. The normalized spacial score (nSPS) is 21.5. The van der Waals surface area contributed by atoms with Gasteiger partial charge >= 0.3 is 0 Å². The molecule has 0 N–H and O–H groups in total. The number of rotatable bonds is 4. The first kappa shape index (κ1) is 14.8. The molecule has 1 aliphatic rings. The van der Waals surface area contributed by atoms with Crippen LogP contribution in [-0.4, -0.2) is 31.2 Å². The first-order valence-electron chi connectivity index (χ1n) is 6.71. The third-order valence-electron chi connectivity index (χ3n) is 3.70. The van der Waals surface area contributed by atoms with E-state index in [1.165, 1.54) is 0 Å². The second-order valence-corrected chi connectivity index (χ2v) is 7.25. The Hall–Kier alpha value is -0.580. The highest BCUT2D eigenvalue weighted by Gasteiger charge is 2.33. The summed E-state index contributed by atoms with van der Waals surface area (Å²) in [4.78, 5) is 0.427. The van der Waals surface area contributed by atoms with Gasteiger partial charge in [0.05, 0.1) is 4.90 Å². The van der Waals surface area contributed by atoms with E-state index in [2.05, 4.69) is 0 Å². The number of benzene rings is 1. The van der Waals surface area contributed by atoms with Gasteiger partial charge < -0.3 is 0 Å². The van der Waals surface area contributed by atoms with Crippen LogP contribution in [0.15, 0.2) is 29.2 Å². The highest BCUT2D eigenvalue weighted by atomic mass is 35.5. The summed E-state index contributed by atoms with van der Waals surface area (Å²) in [7, 11) is -3.39. The first-order chi connectivity index (χ1) is 9.07. The van der Waals surface area contributed by atoms with Crippen molar-refractivity contribution >= 4 is 21.6 Å². The number of hydrogen-bond donors (Lipinski definition) is 0. The Morgan fingerprint density at radius 2 is 2.05 bits per heavy atom. The average Bonchev–Trinajstić information content (AvgIpc) is 2.40. The smallest absolute Gasteiger partial charge is 0.207 e. The third kappa shape index (κ3) is 3.12. The Balaban J connectivity index is 2.35. The second kappa shape index (κ2) is 6.25. The summed E-state index contributed by atoms with van der Waals surface area (Å²) in [6.45, 7) is 2.45. The van der Waals surface area contributed by atoms with E-state index in [0.717, 1.165) is 31.2 Å². The molecule has 0 amide bonds. The number of alkyl halides is 1. The molecule has 2 rings (SSSR count). The molecular weight excluding hydrogens is 282 g/mol. The number of nitrogens with zero attached hydrogens (tertiary/aromatic N) is 1. The van der Waals surface area contributed by atoms with E-state index in [9.17, 15) is 8.42 Å². The number of halogens is 1. The molecule has 1 atom stereocenters. The predicted molar refractivity (Wildman–Crippen MR) is 78.0 cm³/mol. The lowest BCUT2D eigenvalue weighted by Crippen LogP contribution is -2.44. The lowest BCUT2D eigenvalue weighted by molar-refractivity contribution is 0.247. The van der Waals surface area contributed by atoms with Crippen LogP contribution >= 0.6 is 11.6 Å². The van der Waals surface area contributed by atoms with Gasteiger partial charge in [0.2, 0.25) is 10.0 Å². The van der Waals surface area contributed by atoms with Crippen LogP contribution in [0.2, 0.25) is 0 Å². The molecule has 106 valence electrons. The summed E-state index contributed by atoms with van der Waals surface area (Å²) < 4.78 is 27.2. The Kier molecular flexibility index (Phi) is 4.87. The van der Waals surface area contributed by atoms with Crippen molar-refractivity contribution in [2.24, 2.45) is 0 Å². The van der Waals surface area contributed by atoms with Gasteiger partial charge in [0.1, 0.15) is 0 Å². The van der Waals surface area contributed by atoms with E-state index in [1.54, 1.807) is 16.4 Å². The summed E-state index contributed by atoms with van der Waals surface area (Å²) in [6, 6.07) is 7.22. The molecular formula is C14H20ClNO2S. The van der Waals surface area contributed by atoms with E-state index in [1.807, 2.05) is 19.1 Å². The molecule has 3 nitrogen and oxygen atoms in total. The highest BCUT2D eigenvalue weighted by Crippen LogP contribution is 2.28. The second-order valence-electron chi connectivity index (χ2n) is 5.01. The molecule has 0 aliphatic carbocycles. The van der Waals surface area contributed by atoms with E-state index in [0.29, 0.717) is 17.3 Å². The number of hydrogen-bond acceptors (Lipinski definition) is 2. The van der Waals surface area contributed by atoms with Crippen LogP contribution in [-0.2, 0) is 10.0 Å². The average molecular weight is 302 g/mol. The Bertz CT molecular complexity index is 528. The van der Waals surface area contributed by atoms with Crippen molar-refractivity contribution in [3.8, 4) is 0 Å². The molecule has 0 saturated carbocycles. The molecule has 0 bridgehead atoms. The van der Waals surface area contributed by atoms with Crippen molar-refractivity contribution in [2.45, 2.75) is 43.5 Å². The van der Waals surface area contributed by atoms with E-state index in [-0.39, 0.29) is 6.04 Å². The highest BCUT2D eigenvalue weighted by molar-refractivity contribution is 7.89. The summed E-state index contributed by atoms with van der Waals surface area (Å²) in [5, 5.41) is 0. The minimum Gasteiger partial charge on any atom is -0.207 e. The molecule has 1 heterocycles. The third-order valence-corrected chi connectivity index (χ3v) is 6.03. The monoisotopic (exact) mass is 301 g/mol. The maximum atomic E-state index is 12.8. The van der Waals surface area contributed by atoms with E-state index < -0.39 is 10.0 Å². The van der Waals surface area contributed by atoms with Crippen molar-refractivity contribution < 1.29 is 8.42 Å². The molecule has 19 heavy (non-hydrogen) atoms. The SMILES string of the molecule is Cc1ccccc1S(=O)(=O)N1CCCCC1CCCl. The van der Waals surface area contributed by atoms with Crippen LogP contribution in [0.25, 0.3) is 0 Å². The van der Waals surface area contributed by atoms with E-state index >= 15 is 0 Å². The zero-order valence-corrected chi connectivity index (χ0v) is 12.8. The van der Waals surface area contributed by atoms with Crippen molar-refractivity contribution in [3.63, 3.8) is 0 Å². The van der Waals surface area contributed by atoms with Gasteiger partial charge in [-0.25, -0.2) is 8.42 Å². The summed E-state index contributed by atoms with van der Waals surface area (Å²) in [5.41, 5.74) is 0.803.